The zero-order chi connectivity index (χ0) is 17.8. The molecule has 1 atom stereocenters. The maximum absolute atomic E-state index is 13.1. The molecule has 0 bridgehead atoms. The van der Waals surface area contributed by atoms with Crippen LogP contribution in [0.25, 0.3) is 11.1 Å². The lowest BCUT2D eigenvalue weighted by Gasteiger charge is -2.23. The van der Waals surface area contributed by atoms with Crippen molar-refractivity contribution in [3.05, 3.63) is 59.7 Å². The number of rotatable bonds is 3. The minimum atomic E-state index is -1.00. The van der Waals surface area contributed by atoms with Crippen LogP contribution in [0.2, 0.25) is 0 Å². The Balaban J connectivity index is 2.02. The predicted molar refractivity (Wildman–Crippen MR) is 94.8 cm³/mol. The summed E-state index contributed by atoms with van der Waals surface area (Å²) in [6.07, 6.45) is 0.786. The summed E-state index contributed by atoms with van der Waals surface area (Å²) in [5, 5.41) is 9.47. The van der Waals surface area contributed by atoms with E-state index in [1.165, 1.54) is 0 Å². The van der Waals surface area contributed by atoms with Gasteiger partial charge in [0.2, 0.25) is 0 Å². The third-order valence-corrected chi connectivity index (χ3v) is 4.34. The van der Waals surface area contributed by atoms with Crippen LogP contribution in [0.1, 0.15) is 34.1 Å². The SMILES string of the molecule is CC1CN(C(=O)c2ccccc2-c2ccccc2C(=O)O)CCCO1. The van der Waals surface area contributed by atoms with Gasteiger partial charge >= 0.3 is 5.97 Å². The maximum atomic E-state index is 13.1. The van der Waals surface area contributed by atoms with Crippen LogP contribution in [0.5, 0.6) is 0 Å². The first-order valence-electron chi connectivity index (χ1n) is 8.40. The van der Waals surface area contributed by atoms with E-state index in [1.807, 2.05) is 13.0 Å². The van der Waals surface area contributed by atoms with E-state index in [2.05, 4.69) is 0 Å². The first-order valence-corrected chi connectivity index (χ1v) is 8.40. The summed E-state index contributed by atoms with van der Waals surface area (Å²) in [6, 6.07) is 13.9. The largest absolute Gasteiger partial charge is 0.478 e. The molecule has 5 nitrogen and oxygen atoms in total. The van der Waals surface area contributed by atoms with Gasteiger partial charge in [0.05, 0.1) is 11.7 Å². The first-order chi connectivity index (χ1) is 12.1. The van der Waals surface area contributed by atoms with E-state index in [-0.39, 0.29) is 17.6 Å². The Kier molecular flexibility index (Phi) is 5.14. The average Bonchev–Trinajstić information content (AvgIpc) is 2.85. The summed E-state index contributed by atoms with van der Waals surface area (Å²) in [7, 11) is 0. The molecule has 0 spiro atoms. The van der Waals surface area contributed by atoms with E-state index in [1.54, 1.807) is 47.4 Å². The van der Waals surface area contributed by atoms with Gasteiger partial charge in [-0.25, -0.2) is 4.79 Å². The van der Waals surface area contributed by atoms with Gasteiger partial charge in [0.15, 0.2) is 0 Å². The number of benzene rings is 2. The van der Waals surface area contributed by atoms with Crippen molar-refractivity contribution in [2.75, 3.05) is 19.7 Å². The van der Waals surface area contributed by atoms with Crippen molar-refractivity contribution in [1.82, 2.24) is 4.90 Å². The predicted octanol–water partition coefficient (Wildman–Crippen LogP) is 3.30. The van der Waals surface area contributed by atoms with E-state index >= 15 is 0 Å². The van der Waals surface area contributed by atoms with Gasteiger partial charge in [0.1, 0.15) is 0 Å². The van der Waals surface area contributed by atoms with Crippen molar-refractivity contribution < 1.29 is 19.4 Å². The highest BCUT2D eigenvalue weighted by atomic mass is 16.5. The Labute approximate surface area is 146 Å². The van der Waals surface area contributed by atoms with Gasteiger partial charge in [-0.1, -0.05) is 36.4 Å². The molecule has 1 fully saturated rings. The molecule has 1 amide bonds. The number of aromatic carboxylic acids is 1. The monoisotopic (exact) mass is 339 g/mol. The van der Waals surface area contributed by atoms with Crippen molar-refractivity contribution >= 4 is 11.9 Å². The molecular formula is C20H21NO4. The highest BCUT2D eigenvalue weighted by molar-refractivity contribution is 6.04. The Morgan fingerprint density at radius 1 is 1.04 bits per heavy atom. The van der Waals surface area contributed by atoms with Crippen LogP contribution in [0.3, 0.4) is 0 Å². The lowest BCUT2D eigenvalue weighted by atomic mass is 9.94. The first kappa shape index (κ1) is 17.2. The second-order valence-corrected chi connectivity index (χ2v) is 6.18. The fourth-order valence-electron chi connectivity index (χ4n) is 3.16. The second-order valence-electron chi connectivity index (χ2n) is 6.18. The van der Waals surface area contributed by atoms with Crippen LogP contribution >= 0.6 is 0 Å². The summed E-state index contributed by atoms with van der Waals surface area (Å²) in [6.45, 7) is 3.78. The zero-order valence-corrected chi connectivity index (χ0v) is 14.1. The van der Waals surface area contributed by atoms with E-state index in [0.717, 1.165) is 6.42 Å². The Morgan fingerprint density at radius 2 is 1.64 bits per heavy atom. The molecule has 1 unspecified atom stereocenters. The number of carboxylic acid groups (broad SMARTS) is 1. The van der Waals surface area contributed by atoms with Gasteiger partial charge in [0, 0.05) is 25.3 Å². The van der Waals surface area contributed by atoms with Gasteiger partial charge < -0.3 is 14.7 Å². The molecule has 1 aliphatic rings. The van der Waals surface area contributed by atoms with Gasteiger partial charge in [0.25, 0.3) is 5.91 Å². The zero-order valence-electron chi connectivity index (χ0n) is 14.1. The quantitative estimate of drug-likeness (QED) is 0.932. The van der Waals surface area contributed by atoms with Crippen LogP contribution < -0.4 is 0 Å². The summed E-state index contributed by atoms with van der Waals surface area (Å²) in [5.41, 5.74) is 1.90. The van der Waals surface area contributed by atoms with Crippen molar-refractivity contribution in [3.8, 4) is 11.1 Å². The number of ether oxygens (including phenoxy) is 1. The molecule has 1 aliphatic heterocycles. The van der Waals surface area contributed by atoms with E-state index in [0.29, 0.717) is 36.4 Å². The number of amides is 1. The van der Waals surface area contributed by atoms with Crippen LogP contribution in [0.4, 0.5) is 0 Å². The standard InChI is InChI=1S/C20H21NO4/c1-14-13-21(11-6-12-25-14)19(22)17-9-4-2-7-15(17)16-8-3-5-10-18(16)20(23)24/h2-5,7-10,14H,6,11-13H2,1H3,(H,23,24). The van der Waals surface area contributed by atoms with Crippen molar-refractivity contribution in [2.24, 2.45) is 0 Å². The van der Waals surface area contributed by atoms with Crippen LogP contribution in [-0.2, 0) is 4.74 Å². The smallest absolute Gasteiger partial charge is 0.336 e. The Hall–Kier alpha value is -2.66. The molecule has 0 radical (unpaired) electrons. The molecule has 1 N–H and O–H groups in total. The summed E-state index contributed by atoms with van der Waals surface area (Å²) in [4.78, 5) is 26.4. The van der Waals surface area contributed by atoms with Gasteiger partial charge in [-0.3, -0.25) is 4.79 Å². The topological polar surface area (TPSA) is 66.8 Å². The molecule has 1 saturated heterocycles. The molecule has 0 aliphatic carbocycles. The maximum Gasteiger partial charge on any atom is 0.336 e. The van der Waals surface area contributed by atoms with E-state index in [4.69, 9.17) is 4.74 Å². The number of hydrogen-bond acceptors (Lipinski definition) is 3. The molecule has 3 rings (SSSR count). The molecule has 5 heteroatoms. The Morgan fingerprint density at radius 3 is 2.32 bits per heavy atom. The highest BCUT2D eigenvalue weighted by Crippen LogP contribution is 2.28. The molecule has 0 saturated carbocycles. The van der Waals surface area contributed by atoms with Gasteiger partial charge in [-0.15, -0.1) is 0 Å². The number of carbonyl (C=O) groups is 2. The second kappa shape index (κ2) is 7.49. The molecule has 2 aromatic rings. The third-order valence-electron chi connectivity index (χ3n) is 4.34. The van der Waals surface area contributed by atoms with Crippen LogP contribution in [-0.4, -0.2) is 47.7 Å². The molecule has 1 heterocycles. The molecule has 130 valence electrons. The van der Waals surface area contributed by atoms with Gasteiger partial charge in [-0.05, 0) is 36.6 Å². The number of carboxylic acids is 1. The minimum absolute atomic E-state index is 0.00934. The Bertz CT molecular complexity index is 787. The van der Waals surface area contributed by atoms with E-state index in [9.17, 15) is 14.7 Å². The highest BCUT2D eigenvalue weighted by Gasteiger charge is 2.24. The molecule has 2 aromatic carbocycles. The number of hydrogen-bond donors (Lipinski definition) is 1. The summed E-state index contributed by atoms with van der Waals surface area (Å²) in [5.74, 6) is -1.09. The van der Waals surface area contributed by atoms with Crippen LogP contribution in [0.15, 0.2) is 48.5 Å². The summed E-state index contributed by atoms with van der Waals surface area (Å²) >= 11 is 0. The fourth-order valence-corrected chi connectivity index (χ4v) is 3.16. The summed E-state index contributed by atoms with van der Waals surface area (Å²) < 4.78 is 5.61. The number of nitrogens with zero attached hydrogens (tertiary/aromatic N) is 1. The van der Waals surface area contributed by atoms with Crippen molar-refractivity contribution in [1.29, 1.82) is 0 Å². The fraction of sp³-hybridized carbons (Fsp3) is 0.300. The van der Waals surface area contributed by atoms with Crippen molar-refractivity contribution in [2.45, 2.75) is 19.4 Å². The van der Waals surface area contributed by atoms with E-state index < -0.39 is 5.97 Å². The lowest BCUT2D eigenvalue weighted by molar-refractivity contribution is 0.0563. The molecule has 0 aromatic heterocycles. The average molecular weight is 339 g/mol. The van der Waals surface area contributed by atoms with Crippen molar-refractivity contribution in [3.63, 3.8) is 0 Å². The normalized spacial score (nSPS) is 17.8. The van der Waals surface area contributed by atoms with Crippen LogP contribution in [0, 0.1) is 0 Å². The number of carbonyl (C=O) groups excluding carboxylic acids is 1. The minimum Gasteiger partial charge on any atom is -0.478 e. The lowest BCUT2D eigenvalue weighted by Crippen LogP contribution is -2.36. The molecule has 25 heavy (non-hydrogen) atoms. The van der Waals surface area contributed by atoms with Gasteiger partial charge in [-0.2, -0.15) is 0 Å². The third kappa shape index (κ3) is 3.72. The molecular weight excluding hydrogens is 318 g/mol.